The predicted octanol–water partition coefficient (Wildman–Crippen LogP) is 1.79. The van der Waals surface area contributed by atoms with Crippen molar-refractivity contribution >= 4 is 23.4 Å². The van der Waals surface area contributed by atoms with Crippen LogP contribution in [-0.2, 0) is 16.1 Å². The van der Waals surface area contributed by atoms with Gasteiger partial charge in [-0.1, -0.05) is 48.5 Å². The number of hydrogen-bond acceptors (Lipinski definition) is 7. The summed E-state index contributed by atoms with van der Waals surface area (Å²) < 4.78 is 8.05. The van der Waals surface area contributed by atoms with Crippen molar-refractivity contribution < 1.29 is 14.3 Å². The topological polar surface area (TPSA) is 145 Å². The zero-order valence-corrected chi connectivity index (χ0v) is 20.6. The zero-order valence-electron chi connectivity index (χ0n) is 20.6. The van der Waals surface area contributed by atoms with E-state index in [0.29, 0.717) is 11.4 Å². The highest BCUT2D eigenvalue weighted by Gasteiger charge is 2.25. The number of nitrogen functional groups attached to an aromatic ring is 1. The van der Waals surface area contributed by atoms with E-state index in [1.807, 2.05) is 36.4 Å². The number of aromatic nitrogens is 4. The molecule has 4 aromatic rings. The van der Waals surface area contributed by atoms with Crippen molar-refractivity contribution in [2.75, 3.05) is 24.3 Å². The van der Waals surface area contributed by atoms with Crippen molar-refractivity contribution in [3.8, 4) is 5.69 Å². The molecular formula is C26H26N6O5. The maximum absolute atomic E-state index is 12.9. The minimum atomic E-state index is -0.829. The standard InChI is InChI=1S/C26H26N6O5/c1-16-21(17(2)32(29-16)19-12-8-5-9-13-19)25(35)37-15-20(33)30(3)22-23(27)31(26(36)28-24(22)34)14-18-10-6-4-7-11-18/h4-13H,14-15,27H2,1-3H3,(H,28,34,36). The second-order valence-electron chi connectivity index (χ2n) is 8.39. The highest BCUT2D eigenvalue weighted by Crippen LogP contribution is 2.20. The van der Waals surface area contributed by atoms with E-state index >= 15 is 0 Å². The van der Waals surface area contributed by atoms with E-state index in [9.17, 15) is 19.2 Å². The van der Waals surface area contributed by atoms with Gasteiger partial charge in [0.15, 0.2) is 12.3 Å². The molecule has 190 valence electrons. The monoisotopic (exact) mass is 502 g/mol. The first-order valence-electron chi connectivity index (χ1n) is 11.4. The van der Waals surface area contributed by atoms with Crippen LogP contribution in [0.5, 0.6) is 0 Å². The lowest BCUT2D eigenvalue weighted by Crippen LogP contribution is -2.40. The summed E-state index contributed by atoms with van der Waals surface area (Å²) in [5.74, 6) is -1.62. The molecule has 0 atom stereocenters. The highest BCUT2D eigenvalue weighted by atomic mass is 16.5. The van der Waals surface area contributed by atoms with E-state index in [4.69, 9.17) is 10.5 Å². The summed E-state index contributed by atoms with van der Waals surface area (Å²) in [5, 5.41) is 4.41. The zero-order chi connectivity index (χ0) is 26.7. The Morgan fingerprint density at radius 3 is 2.30 bits per heavy atom. The van der Waals surface area contributed by atoms with Gasteiger partial charge in [0.25, 0.3) is 11.5 Å². The first kappa shape index (κ1) is 25.2. The molecule has 0 spiro atoms. The van der Waals surface area contributed by atoms with E-state index in [0.717, 1.165) is 20.7 Å². The SMILES string of the molecule is Cc1nn(-c2ccccc2)c(C)c1C(=O)OCC(=O)N(C)c1c(N)n(Cc2ccccc2)c(=O)[nH]c1=O. The van der Waals surface area contributed by atoms with Gasteiger partial charge >= 0.3 is 11.7 Å². The van der Waals surface area contributed by atoms with Gasteiger partial charge < -0.3 is 15.4 Å². The quantitative estimate of drug-likeness (QED) is 0.367. The average molecular weight is 503 g/mol. The van der Waals surface area contributed by atoms with Crippen molar-refractivity contribution in [3.05, 3.63) is 104 Å². The van der Waals surface area contributed by atoms with Gasteiger partial charge in [0.1, 0.15) is 11.4 Å². The molecule has 0 radical (unpaired) electrons. The molecule has 0 aliphatic heterocycles. The fourth-order valence-electron chi connectivity index (χ4n) is 4.00. The summed E-state index contributed by atoms with van der Waals surface area (Å²) >= 11 is 0. The number of likely N-dealkylation sites (N-methyl/N-ethyl adjacent to an activating group) is 1. The van der Waals surface area contributed by atoms with Crippen LogP contribution in [0, 0.1) is 13.8 Å². The summed E-state index contributed by atoms with van der Waals surface area (Å²) in [6.07, 6.45) is 0. The molecule has 1 amide bonds. The van der Waals surface area contributed by atoms with Gasteiger partial charge in [-0.3, -0.25) is 19.1 Å². The molecule has 0 fully saturated rings. The number of aromatic amines is 1. The Kier molecular flexibility index (Phi) is 7.05. The van der Waals surface area contributed by atoms with Gasteiger partial charge in [-0.05, 0) is 31.5 Å². The normalized spacial score (nSPS) is 10.8. The molecule has 37 heavy (non-hydrogen) atoms. The van der Waals surface area contributed by atoms with Gasteiger partial charge in [-0.2, -0.15) is 5.10 Å². The van der Waals surface area contributed by atoms with Crippen molar-refractivity contribution in [2.45, 2.75) is 20.4 Å². The fourth-order valence-corrected chi connectivity index (χ4v) is 4.00. The Balaban J connectivity index is 1.52. The number of carbonyl (C=O) groups excluding carboxylic acids is 2. The molecule has 4 rings (SSSR count). The van der Waals surface area contributed by atoms with Crippen molar-refractivity contribution in [1.29, 1.82) is 0 Å². The minimum Gasteiger partial charge on any atom is -0.452 e. The molecule has 0 unspecified atom stereocenters. The Morgan fingerprint density at radius 2 is 1.65 bits per heavy atom. The molecule has 11 nitrogen and oxygen atoms in total. The maximum atomic E-state index is 12.9. The van der Waals surface area contributed by atoms with E-state index in [-0.39, 0.29) is 23.6 Å². The van der Waals surface area contributed by atoms with Crippen molar-refractivity contribution in [2.24, 2.45) is 0 Å². The first-order chi connectivity index (χ1) is 17.7. The van der Waals surface area contributed by atoms with Gasteiger partial charge in [0.05, 0.1) is 23.6 Å². The van der Waals surface area contributed by atoms with Gasteiger partial charge in [0, 0.05) is 7.05 Å². The highest BCUT2D eigenvalue weighted by molar-refractivity contribution is 5.98. The summed E-state index contributed by atoms with van der Waals surface area (Å²) in [6.45, 7) is 2.85. The van der Waals surface area contributed by atoms with Crippen LogP contribution in [-0.4, -0.2) is 44.9 Å². The fraction of sp³-hybridized carbons (Fsp3) is 0.192. The van der Waals surface area contributed by atoms with Crippen LogP contribution in [0.3, 0.4) is 0 Å². The minimum absolute atomic E-state index is 0.0935. The van der Waals surface area contributed by atoms with E-state index in [2.05, 4.69) is 10.1 Å². The number of nitrogens with zero attached hydrogens (tertiary/aromatic N) is 4. The number of H-pyrrole nitrogens is 1. The Morgan fingerprint density at radius 1 is 1.03 bits per heavy atom. The number of aryl methyl sites for hydroxylation is 1. The number of para-hydroxylation sites is 1. The molecule has 0 aliphatic carbocycles. The predicted molar refractivity (Wildman–Crippen MR) is 138 cm³/mol. The summed E-state index contributed by atoms with van der Waals surface area (Å²) in [6, 6.07) is 18.3. The Bertz CT molecular complexity index is 1570. The first-order valence-corrected chi connectivity index (χ1v) is 11.4. The van der Waals surface area contributed by atoms with Crippen molar-refractivity contribution in [1.82, 2.24) is 19.3 Å². The molecule has 2 heterocycles. The van der Waals surface area contributed by atoms with Crippen LogP contribution in [0.4, 0.5) is 11.5 Å². The molecule has 3 N–H and O–H groups in total. The number of rotatable bonds is 7. The molecular weight excluding hydrogens is 476 g/mol. The number of benzene rings is 2. The van der Waals surface area contributed by atoms with Crippen LogP contribution >= 0.6 is 0 Å². The van der Waals surface area contributed by atoms with Crippen LogP contribution < -0.4 is 21.9 Å². The number of esters is 1. The number of hydrogen-bond donors (Lipinski definition) is 2. The van der Waals surface area contributed by atoms with E-state index in [1.54, 1.807) is 42.8 Å². The lowest BCUT2D eigenvalue weighted by Gasteiger charge is -2.20. The summed E-state index contributed by atoms with van der Waals surface area (Å²) in [7, 11) is 1.32. The number of nitrogens with one attached hydrogen (secondary N) is 1. The van der Waals surface area contributed by atoms with E-state index in [1.165, 1.54) is 7.05 Å². The molecule has 0 saturated carbocycles. The molecule has 11 heteroatoms. The van der Waals surface area contributed by atoms with Gasteiger partial charge in [0.2, 0.25) is 0 Å². The second-order valence-corrected chi connectivity index (χ2v) is 8.39. The van der Waals surface area contributed by atoms with Crippen LogP contribution in [0.2, 0.25) is 0 Å². The third kappa shape index (κ3) is 5.06. The lowest BCUT2D eigenvalue weighted by atomic mass is 10.2. The smallest absolute Gasteiger partial charge is 0.342 e. The third-order valence-corrected chi connectivity index (χ3v) is 5.93. The van der Waals surface area contributed by atoms with Gasteiger partial charge in [-0.25, -0.2) is 14.3 Å². The summed E-state index contributed by atoms with van der Waals surface area (Å²) in [4.78, 5) is 53.8. The number of nitrogens with two attached hydrogens (primary N) is 1. The van der Waals surface area contributed by atoms with Crippen LogP contribution in [0.25, 0.3) is 5.69 Å². The molecule has 0 bridgehead atoms. The van der Waals surface area contributed by atoms with Crippen LogP contribution in [0.1, 0.15) is 27.3 Å². The lowest BCUT2D eigenvalue weighted by molar-refractivity contribution is -0.121. The molecule has 0 saturated heterocycles. The number of anilines is 2. The third-order valence-electron chi connectivity index (χ3n) is 5.93. The summed E-state index contributed by atoms with van der Waals surface area (Å²) in [5.41, 5.74) is 7.19. The van der Waals surface area contributed by atoms with Gasteiger partial charge in [-0.15, -0.1) is 0 Å². The number of ether oxygens (including phenoxy) is 1. The molecule has 2 aromatic heterocycles. The maximum Gasteiger partial charge on any atom is 0.342 e. The Labute approximate surface area is 211 Å². The van der Waals surface area contributed by atoms with Crippen molar-refractivity contribution in [3.63, 3.8) is 0 Å². The number of amides is 1. The van der Waals surface area contributed by atoms with Crippen LogP contribution in [0.15, 0.2) is 70.3 Å². The second kappa shape index (κ2) is 10.4. The average Bonchev–Trinajstić information content (AvgIpc) is 3.19. The van der Waals surface area contributed by atoms with E-state index < -0.39 is 29.7 Å². The molecule has 2 aromatic carbocycles. The Hall–Kier alpha value is -4.93. The molecule has 0 aliphatic rings. The largest absolute Gasteiger partial charge is 0.452 e. The number of carbonyl (C=O) groups is 2.